The average molecular weight is 119 g/mol. The Morgan fingerprint density at radius 2 is 1.78 bits per heavy atom. The first-order valence-corrected chi connectivity index (χ1v) is 3.01. The van der Waals surface area contributed by atoms with Gasteiger partial charge in [0.1, 0.15) is 0 Å². The molecule has 0 saturated carbocycles. The molecular weight excluding hydrogens is 105 g/mol. The second-order valence-electron chi connectivity index (χ2n) is 2.79. The van der Waals surface area contributed by atoms with Crippen LogP contribution in [-0.4, -0.2) is 11.8 Å². The molecule has 0 spiro atoms. The summed E-state index contributed by atoms with van der Waals surface area (Å²) in [5, 5.41) is 0. The smallest absolute Gasteiger partial charge is 0.498 e. The van der Waals surface area contributed by atoms with Crippen LogP contribution in [0.1, 0.15) is 34.1 Å². The standard InChI is InChI=1S/C7H14N.Li/c1-5-6-8-7(2,3)4;/h5H2,1-4H3;/q-1;+1. The Kier molecular flexibility index (Phi) is 6.77. The summed E-state index contributed by atoms with van der Waals surface area (Å²) in [6.45, 7) is 8.23. The summed E-state index contributed by atoms with van der Waals surface area (Å²) >= 11 is 0. The van der Waals surface area contributed by atoms with E-state index in [0.717, 1.165) is 6.42 Å². The van der Waals surface area contributed by atoms with E-state index < -0.39 is 0 Å². The van der Waals surface area contributed by atoms with Gasteiger partial charge in [-0.15, -0.1) is 0 Å². The fourth-order valence-electron chi connectivity index (χ4n) is 0.316. The molecule has 0 aromatic carbocycles. The molecular formula is C7H14LiN. The Morgan fingerprint density at radius 1 is 1.33 bits per heavy atom. The fourth-order valence-corrected chi connectivity index (χ4v) is 0.316. The van der Waals surface area contributed by atoms with Crippen molar-refractivity contribution in [2.75, 3.05) is 0 Å². The minimum atomic E-state index is 0. The number of nitrogens with zero attached hydrogens (tertiary/aromatic N) is 1. The summed E-state index contributed by atoms with van der Waals surface area (Å²) in [6, 6.07) is 0. The Labute approximate surface area is 70.1 Å². The van der Waals surface area contributed by atoms with Crippen LogP contribution in [-0.2, 0) is 0 Å². The predicted octanol–water partition coefficient (Wildman–Crippen LogP) is -0.853. The maximum Gasteiger partial charge on any atom is 1.00 e. The fraction of sp³-hybridized carbons (Fsp3) is 0.857. The van der Waals surface area contributed by atoms with Crippen LogP contribution in [0.15, 0.2) is 4.99 Å². The van der Waals surface area contributed by atoms with Gasteiger partial charge in [0.15, 0.2) is 0 Å². The topological polar surface area (TPSA) is 12.4 Å². The molecule has 0 fully saturated rings. The second kappa shape index (κ2) is 5.08. The molecule has 0 N–H and O–H groups in total. The monoisotopic (exact) mass is 119 g/mol. The SMILES string of the molecule is CC[C-]=NC(C)(C)C.[Li+]. The van der Waals surface area contributed by atoms with Crippen molar-refractivity contribution in [2.45, 2.75) is 39.7 Å². The van der Waals surface area contributed by atoms with Crippen LogP contribution in [0.25, 0.3) is 0 Å². The zero-order valence-electron chi connectivity index (χ0n) is 7.15. The molecule has 0 heterocycles. The molecule has 1 nitrogen and oxygen atoms in total. The molecule has 0 aliphatic carbocycles. The molecule has 48 valence electrons. The minimum Gasteiger partial charge on any atom is -0.498 e. The average Bonchev–Trinajstić information content (AvgIpc) is 1.59. The zero-order chi connectivity index (χ0) is 6.62. The quantitative estimate of drug-likeness (QED) is 0.242. The number of hydrogen-bond acceptors (Lipinski definition) is 1. The van der Waals surface area contributed by atoms with Crippen molar-refractivity contribution in [1.29, 1.82) is 0 Å². The molecule has 0 radical (unpaired) electrons. The van der Waals surface area contributed by atoms with E-state index in [1.165, 1.54) is 0 Å². The summed E-state index contributed by atoms with van der Waals surface area (Å²) in [5.41, 5.74) is 0.0655. The summed E-state index contributed by atoms with van der Waals surface area (Å²) < 4.78 is 0. The maximum atomic E-state index is 4.12. The van der Waals surface area contributed by atoms with Crippen molar-refractivity contribution in [3.8, 4) is 0 Å². The van der Waals surface area contributed by atoms with Gasteiger partial charge in [-0.3, -0.25) is 0 Å². The molecule has 0 aliphatic rings. The molecule has 0 bridgehead atoms. The Balaban J connectivity index is 0. The normalized spacial score (nSPS) is 11.6. The third-order valence-corrected chi connectivity index (χ3v) is 0.573. The van der Waals surface area contributed by atoms with Gasteiger partial charge in [0.05, 0.1) is 0 Å². The Hall–Kier alpha value is 0.267. The number of hydrogen-bond donors (Lipinski definition) is 0. The maximum absolute atomic E-state index is 4.12. The zero-order valence-corrected chi connectivity index (χ0v) is 7.15. The van der Waals surface area contributed by atoms with Gasteiger partial charge in [-0.1, -0.05) is 6.92 Å². The first-order chi connectivity index (χ1) is 3.56. The van der Waals surface area contributed by atoms with Crippen LogP contribution >= 0.6 is 0 Å². The molecule has 0 unspecified atom stereocenters. The third kappa shape index (κ3) is 11.7. The van der Waals surface area contributed by atoms with E-state index in [1.54, 1.807) is 0 Å². The van der Waals surface area contributed by atoms with Gasteiger partial charge in [-0.2, -0.15) is 6.42 Å². The van der Waals surface area contributed by atoms with Crippen LogP contribution in [0.4, 0.5) is 0 Å². The van der Waals surface area contributed by atoms with Crippen molar-refractivity contribution < 1.29 is 18.9 Å². The molecule has 0 aromatic heterocycles. The molecule has 2 heteroatoms. The largest absolute Gasteiger partial charge is 1.00 e. The first kappa shape index (κ1) is 12.0. The van der Waals surface area contributed by atoms with E-state index >= 15 is 0 Å². The molecule has 0 atom stereocenters. The van der Waals surface area contributed by atoms with Gasteiger partial charge in [0, 0.05) is 5.54 Å². The van der Waals surface area contributed by atoms with Crippen LogP contribution in [0, 0.1) is 0 Å². The van der Waals surface area contributed by atoms with Crippen molar-refractivity contribution >= 4 is 6.21 Å². The molecule has 0 rings (SSSR count). The Bertz CT molecular complexity index is 81.4. The molecule has 0 saturated heterocycles. The number of rotatable bonds is 1. The molecule has 0 aliphatic heterocycles. The van der Waals surface area contributed by atoms with Crippen LogP contribution in [0.2, 0.25) is 0 Å². The summed E-state index contributed by atoms with van der Waals surface area (Å²) in [6.07, 6.45) is 3.83. The molecule has 9 heavy (non-hydrogen) atoms. The van der Waals surface area contributed by atoms with E-state index in [1.807, 2.05) is 6.92 Å². The van der Waals surface area contributed by atoms with E-state index in [-0.39, 0.29) is 24.4 Å². The van der Waals surface area contributed by atoms with Crippen molar-refractivity contribution in [1.82, 2.24) is 0 Å². The van der Waals surface area contributed by atoms with Gasteiger partial charge in [-0.05, 0) is 20.8 Å². The Morgan fingerprint density at radius 3 is 1.89 bits per heavy atom. The van der Waals surface area contributed by atoms with Gasteiger partial charge >= 0.3 is 18.9 Å². The van der Waals surface area contributed by atoms with Gasteiger partial charge in [0.25, 0.3) is 0 Å². The predicted molar refractivity (Wildman–Crippen MR) is 37.5 cm³/mol. The minimum absolute atomic E-state index is 0. The van der Waals surface area contributed by atoms with Gasteiger partial charge in [0.2, 0.25) is 0 Å². The summed E-state index contributed by atoms with van der Waals surface area (Å²) in [7, 11) is 0. The van der Waals surface area contributed by atoms with E-state index in [2.05, 4.69) is 32.0 Å². The van der Waals surface area contributed by atoms with E-state index in [4.69, 9.17) is 0 Å². The van der Waals surface area contributed by atoms with E-state index in [9.17, 15) is 0 Å². The molecule has 0 amide bonds. The second-order valence-corrected chi connectivity index (χ2v) is 2.79. The third-order valence-electron chi connectivity index (χ3n) is 0.573. The van der Waals surface area contributed by atoms with Crippen molar-refractivity contribution in [3.05, 3.63) is 0 Å². The number of aliphatic imine (C=N–C) groups is 1. The summed E-state index contributed by atoms with van der Waals surface area (Å²) in [5.74, 6) is 0. The van der Waals surface area contributed by atoms with Gasteiger partial charge in [-0.25, -0.2) is 0 Å². The molecule has 0 aromatic rings. The van der Waals surface area contributed by atoms with Crippen LogP contribution in [0.3, 0.4) is 0 Å². The van der Waals surface area contributed by atoms with Crippen molar-refractivity contribution in [2.24, 2.45) is 4.99 Å². The van der Waals surface area contributed by atoms with Crippen LogP contribution < -0.4 is 18.9 Å². The summed E-state index contributed by atoms with van der Waals surface area (Å²) in [4.78, 5) is 4.12. The van der Waals surface area contributed by atoms with Gasteiger partial charge < -0.3 is 11.2 Å². The van der Waals surface area contributed by atoms with E-state index in [0.29, 0.717) is 0 Å². The van der Waals surface area contributed by atoms with Crippen LogP contribution in [0.5, 0.6) is 0 Å². The van der Waals surface area contributed by atoms with Crippen molar-refractivity contribution in [3.63, 3.8) is 0 Å². The first-order valence-electron chi connectivity index (χ1n) is 3.01.